The standard InChI is InChI=1S/C18H15N3O2S/c22-17(21-9-10-23-16-7-2-1-6-15(16)21)13-4-3-5-14(12-13)20-18-19-8-11-24-18/h1-8,11-12H,9-10H2,(H,19,20). The number of aromatic nitrogens is 1. The highest BCUT2D eigenvalue weighted by atomic mass is 32.1. The minimum atomic E-state index is -0.0338. The van der Waals surface area contributed by atoms with E-state index in [2.05, 4.69) is 10.3 Å². The lowest BCUT2D eigenvalue weighted by Gasteiger charge is -2.29. The van der Waals surface area contributed by atoms with Gasteiger partial charge in [0.1, 0.15) is 12.4 Å². The Kier molecular flexibility index (Phi) is 3.88. The molecular formula is C18H15N3O2S. The van der Waals surface area contributed by atoms with Gasteiger partial charge in [0.15, 0.2) is 5.13 Å². The monoisotopic (exact) mass is 337 g/mol. The molecule has 1 N–H and O–H groups in total. The zero-order valence-corrected chi connectivity index (χ0v) is 13.6. The van der Waals surface area contributed by atoms with E-state index < -0.39 is 0 Å². The second-order valence-electron chi connectivity index (χ2n) is 5.32. The van der Waals surface area contributed by atoms with E-state index in [-0.39, 0.29) is 5.91 Å². The van der Waals surface area contributed by atoms with Crippen molar-refractivity contribution in [3.63, 3.8) is 0 Å². The first kappa shape index (κ1) is 14.7. The molecule has 24 heavy (non-hydrogen) atoms. The first-order valence-electron chi connectivity index (χ1n) is 7.61. The van der Waals surface area contributed by atoms with E-state index in [1.807, 2.05) is 53.9 Å². The number of para-hydroxylation sites is 2. The van der Waals surface area contributed by atoms with Crippen LogP contribution in [0.2, 0.25) is 0 Å². The molecule has 0 bridgehead atoms. The Morgan fingerprint density at radius 2 is 2.12 bits per heavy atom. The maximum atomic E-state index is 12.9. The second-order valence-corrected chi connectivity index (χ2v) is 6.21. The van der Waals surface area contributed by atoms with E-state index in [0.29, 0.717) is 18.7 Å². The molecule has 5 nitrogen and oxygen atoms in total. The van der Waals surface area contributed by atoms with Crippen LogP contribution in [0.4, 0.5) is 16.5 Å². The molecule has 0 radical (unpaired) electrons. The highest BCUT2D eigenvalue weighted by Crippen LogP contribution is 2.32. The number of thiazole rings is 1. The molecule has 4 rings (SSSR count). The van der Waals surface area contributed by atoms with Gasteiger partial charge in [-0.3, -0.25) is 4.79 Å². The lowest BCUT2D eigenvalue weighted by atomic mass is 10.1. The molecule has 3 aromatic rings. The molecule has 0 saturated carbocycles. The molecule has 2 heterocycles. The number of amides is 1. The first-order chi connectivity index (χ1) is 11.8. The lowest BCUT2D eigenvalue weighted by Crippen LogP contribution is -2.37. The van der Waals surface area contributed by atoms with Gasteiger partial charge < -0.3 is 15.0 Å². The Morgan fingerprint density at radius 1 is 1.21 bits per heavy atom. The van der Waals surface area contributed by atoms with Crippen LogP contribution in [-0.4, -0.2) is 24.0 Å². The van der Waals surface area contributed by atoms with Gasteiger partial charge in [-0.15, -0.1) is 11.3 Å². The number of benzene rings is 2. The number of hydrogen-bond acceptors (Lipinski definition) is 5. The van der Waals surface area contributed by atoms with Crippen LogP contribution >= 0.6 is 11.3 Å². The summed E-state index contributed by atoms with van der Waals surface area (Å²) < 4.78 is 5.62. The summed E-state index contributed by atoms with van der Waals surface area (Å²) in [5, 5.41) is 5.92. The Morgan fingerprint density at radius 3 is 3.00 bits per heavy atom. The molecule has 0 aliphatic carbocycles. The normalized spacial score (nSPS) is 13.1. The molecule has 6 heteroatoms. The van der Waals surface area contributed by atoms with Gasteiger partial charge in [0.2, 0.25) is 0 Å². The largest absolute Gasteiger partial charge is 0.490 e. The highest BCUT2D eigenvalue weighted by molar-refractivity contribution is 7.13. The van der Waals surface area contributed by atoms with Crippen molar-refractivity contribution in [1.82, 2.24) is 4.98 Å². The number of nitrogens with zero attached hydrogens (tertiary/aromatic N) is 2. The summed E-state index contributed by atoms with van der Waals surface area (Å²) in [5.74, 6) is 0.711. The topological polar surface area (TPSA) is 54.5 Å². The third-order valence-corrected chi connectivity index (χ3v) is 4.46. The summed E-state index contributed by atoms with van der Waals surface area (Å²) >= 11 is 1.52. The lowest BCUT2D eigenvalue weighted by molar-refractivity contribution is 0.0976. The molecule has 1 aromatic heterocycles. The molecule has 0 atom stereocenters. The number of ether oxygens (including phenoxy) is 1. The van der Waals surface area contributed by atoms with Crippen LogP contribution in [0.15, 0.2) is 60.1 Å². The van der Waals surface area contributed by atoms with Gasteiger partial charge in [0, 0.05) is 22.8 Å². The smallest absolute Gasteiger partial charge is 0.258 e. The summed E-state index contributed by atoms with van der Waals surface area (Å²) in [7, 11) is 0. The van der Waals surface area contributed by atoms with Gasteiger partial charge in [-0.2, -0.15) is 0 Å². The van der Waals surface area contributed by atoms with E-state index in [1.54, 1.807) is 11.1 Å². The maximum Gasteiger partial charge on any atom is 0.258 e. The van der Waals surface area contributed by atoms with E-state index in [4.69, 9.17) is 4.74 Å². The van der Waals surface area contributed by atoms with Crippen molar-refractivity contribution in [1.29, 1.82) is 0 Å². The summed E-state index contributed by atoms with van der Waals surface area (Å²) in [6.45, 7) is 1.04. The van der Waals surface area contributed by atoms with Crippen molar-refractivity contribution in [2.75, 3.05) is 23.4 Å². The fourth-order valence-electron chi connectivity index (χ4n) is 2.67. The zero-order valence-electron chi connectivity index (χ0n) is 12.8. The maximum absolute atomic E-state index is 12.9. The average molecular weight is 337 g/mol. The van der Waals surface area contributed by atoms with Crippen LogP contribution in [0.25, 0.3) is 0 Å². The van der Waals surface area contributed by atoms with Gasteiger partial charge in [-0.1, -0.05) is 18.2 Å². The summed E-state index contributed by atoms with van der Waals surface area (Å²) in [4.78, 5) is 18.9. The predicted octanol–water partition coefficient (Wildman–Crippen LogP) is 3.93. The molecule has 0 saturated heterocycles. The zero-order chi connectivity index (χ0) is 16.4. The number of nitrogens with one attached hydrogen (secondary N) is 1. The third kappa shape index (κ3) is 2.83. The fourth-order valence-corrected chi connectivity index (χ4v) is 3.22. The van der Waals surface area contributed by atoms with E-state index in [9.17, 15) is 4.79 Å². The highest BCUT2D eigenvalue weighted by Gasteiger charge is 2.24. The van der Waals surface area contributed by atoms with Crippen molar-refractivity contribution in [2.24, 2.45) is 0 Å². The number of carbonyl (C=O) groups is 1. The summed E-state index contributed by atoms with van der Waals surface area (Å²) in [6.07, 6.45) is 1.74. The summed E-state index contributed by atoms with van der Waals surface area (Å²) in [5.41, 5.74) is 2.29. The van der Waals surface area contributed by atoms with Crippen LogP contribution < -0.4 is 15.0 Å². The van der Waals surface area contributed by atoms with Crippen LogP contribution in [0.1, 0.15) is 10.4 Å². The number of carbonyl (C=O) groups excluding carboxylic acids is 1. The van der Waals surface area contributed by atoms with Gasteiger partial charge in [-0.05, 0) is 30.3 Å². The average Bonchev–Trinajstić information content (AvgIpc) is 3.14. The van der Waals surface area contributed by atoms with Gasteiger partial charge >= 0.3 is 0 Å². The van der Waals surface area contributed by atoms with Crippen LogP contribution in [0.3, 0.4) is 0 Å². The predicted molar refractivity (Wildman–Crippen MR) is 95.5 cm³/mol. The van der Waals surface area contributed by atoms with Gasteiger partial charge in [0.05, 0.1) is 12.2 Å². The molecule has 2 aromatic carbocycles. The SMILES string of the molecule is O=C(c1cccc(Nc2nccs2)c1)N1CCOc2ccccc21. The molecule has 1 amide bonds. The Bertz CT molecular complexity index is 864. The van der Waals surface area contributed by atoms with Crippen molar-refractivity contribution >= 4 is 33.8 Å². The number of fused-ring (bicyclic) bond motifs is 1. The van der Waals surface area contributed by atoms with Crippen molar-refractivity contribution in [3.8, 4) is 5.75 Å². The van der Waals surface area contributed by atoms with E-state index in [1.165, 1.54) is 11.3 Å². The van der Waals surface area contributed by atoms with Crippen LogP contribution in [0.5, 0.6) is 5.75 Å². The first-order valence-corrected chi connectivity index (χ1v) is 8.49. The van der Waals surface area contributed by atoms with Crippen molar-refractivity contribution < 1.29 is 9.53 Å². The Hall–Kier alpha value is -2.86. The van der Waals surface area contributed by atoms with E-state index in [0.717, 1.165) is 22.3 Å². The molecule has 0 spiro atoms. The minimum Gasteiger partial charge on any atom is -0.490 e. The third-order valence-electron chi connectivity index (χ3n) is 3.77. The fraction of sp³-hybridized carbons (Fsp3) is 0.111. The number of anilines is 3. The molecule has 1 aliphatic heterocycles. The number of rotatable bonds is 3. The summed E-state index contributed by atoms with van der Waals surface area (Å²) in [6, 6.07) is 15.1. The van der Waals surface area contributed by atoms with E-state index >= 15 is 0 Å². The molecule has 120 valence electrons. The van der Waals surface area contributed by atoms with Gasteiger partial charge in [0.25, 0.3) is 5.91 Å². The van der Waals surface area contributed by atoms with Crippen molar-refractivity contribution in [3.05, 3.63) is 65.7 Å². The quantitative estimate of drug-likeness (QED) is 0.787. The Labute approximate surface area is 143 Å². The van der Waals surface area contributed by atoms with Crippen LogP contribution in [0, 0.1) is 0 Å². The molecule has 0 unspecified atom stereocenters. The minimum absolute atomic E-state index is 0.0338. The van der Waals surface area contributed by atoms with Gasteiger partial charge in [-0.25, -0.2) is 4.98 Å². The molecule has 0 fully saturated rings. The molecular weight excluding hydrogens is 322 g/mol. The van der Waals surface area contributed by atoms with Crippen molar-refractivity contribution in [2.45, 2.75) is 0 Å². The Balaban J connectivity index is 1.61. The number of hydrogen-bond donors (Lipinski definition) is 1. The van der Waals surface area contributed by atoms with Crippen LogP contribution in [-0.2, 0) is 0 Å². The second kappa shape index (κ2) is 6.33. The molecule has 1 aliphatic rings.